The number of carbonyl (C=O) groups is 1. The fourth-order valence-electron chi connectivity index (χ4n) is 2.37. The Bertz CT molecular complexity index is 208. The van der Waals surface area contributed by atoms with E-state index in [-0.39, 0.29) is 11.9 Å². The predicted molar refractivity (Wildman–Crippen MR) is 48.4 cm³/mol. The normalized spacial score (nSPS) is 34.2. The molecule has 2 rings (SSSR count). The molecular weight excluding hydrogens is 168 g/mol. The topological polar surface area (TPSA) is 41.6 Å². The maximum absolute atomic E-state index is 11.4. The second-order valence-corrected chi connectivity index (χ2v) is 3.73. The summed E-state index contributed by atoms with van der Waals surface area (Å²) in [5.74, 6) is 0.0500. The van der Waals surface area contributed by atoms with Crippen LogP contribution in [0.5, 0.6) is 0 Å². The molecule has 0 bridgehead atoms. The Balaban J connectivity index is 2.02. The van der Waals surface area contributed by atoms with Crippen molar-refractivity contribution in [3.05, 3.63) is 0 Å². The van der Waals surface area contributed by atoms with E-state index in [9.17, 15) is 4.79 Å². The van der Waals surface area contributed by atoms with Crippen LogP contribution in [0, 0.1) is 5.92 Å². The van der Waals surface area contributed by atoms with Gasteiger partial charge in [-0.1, -0.05) is 0 Å². The van der Waals surface area contributed by atoms with Gasteiger partial charge in [-0.15, -0.1) is 0 Å². The van der Waals surface area contributed by atoms with Crippen LogP contribution >= 0.6 is 0 Å². The molecule has 0 saturated carbocycles. The molecule has 74 valence electrons. The molecule has 4 heteroatoms. The van der Waals surface area contributed by atoms with Crippen LogP contribution < -0.4 is 5.32 Å². The second-order valence-electron chi connectivity index (χ2n) is 3.73. The lowest BCUT2D eigenvalue weighted by atomic mass is 10.00. The smallest absolute Gasteiger partial charge is 0.310 e. The maximum atomic E-state index is 11.4. The number of nitrogens with zero attached hydrogens (tertiary/aromatic N) is 1. The first-order valence-electron chi connectivity index (χ1n) is 4.85. The molecular formula is C9H16N2O2. The molecule has 0 radical (unpaired) electrons. The van der Waals surface area contributed by atoms with Gasteiger partial charge in [0.2, 0.25) is 0 Å². The summed E-state index contributed by atoms with van der Waals surface area (Å²) in [7, 11) is 1.47. The molecule has 1 N–H and O–H groups in total. The molecule has 2 unspecified atom stereocenters. The van der Waals surface area contributed by atoms with Crippen LogP contribution in [0.4, 0.5) is 0 Å². The fraction of sp³-hybridized carbons (Fsp3) is 0.889. The summed E-state index contributed by atoms with van der Waals surface area (Å²) >= 11 is 0. The molecule has 2 aliphatic heterocycles. The minimum Gasteiger partial charge on any atom is -0.469 e. The van der Waals surface area contributed by atoms with Crippen molar-refractivity contribution in [2.45, 2.75) is 12.5 Å². The molecule has 2 heterocycles. The average molecular weight is 184 g/mol. The third kappa shape index (κ3) is 1.56. The summed E-state index contributed by atoms with van der Waals surface area (Å²) in [6.45, 7) is 4.09. The highest BCUT2D eigenvalue weighted by Gasteiger charge is 2.40. The van der Waals surface area contributed by atoms with Crippen molar-refractivity contribution in [3.8, 4) is 0 Å². The molecule has 0 aromatic heterocycles. The molecule has 4 nitrogen and oxygen atoms in total. The van der Waals surface area contributed by atoms with Crippen LogP contribution in [-0.2, 0) is 9.53 Å². The standard InChI is InChI=1S/C9H16N2O2/c1-13-9(12)7-2-4-11-5-3-10-6-8(7)11/h7-8,10H,2-6H2,1H3. The van der Waals surface area contributed by atoms with E-state index in [2.05, 4.69) is 10.2 Å². The molecule has 13 heavy (non-hydrogen) atoms. The van der Waals surface area contributed by atoms with Gasteiger partial charge in [-0.25, -0.2) is 0 Å². The van der Waals surface area contributed by atoms with E-state index in [1.54, 1.807) is 0 Å². The van der Waals surface area contributed by atoms with Gasteiger partial charge in [0, 0.05) is 25.7 Å². The molecule has 2 fully saturated rings. The number of carbonyl (C=O) groups excluding carboxylic acids is 1. The highest BCUT2D eigenvalue weighted by molar-refractivity contribution is 5.73. The Kier molecular flexibility index (Phi) is 2.51. The Morgan fingerprint density at radius 3 is 3.15 bits per heavy atom. The first-order valence-corrected chi connectivity index (χ1v) is 4.85. The highest BCUT2D eigenvalue weighted by Crippen LogP contribution is 2.25. The lowest BCUT2D eigenvalue weighted by Crippen LogP contribution is -2.51. The molecule has 0 aliphatic carbocycles. The number of esters is 1. The van der Waals surface area contributed by atoms with Crippen molar-refractivity contribution in [3.63, 3.8) is 0 Å². The van der Waals surface area contributed by atoms with Crippen molar-refractivity contribution in [1.82, 2.24) is 10.2 Å². The molecule has 0 spiro atoms. The molecule has 0 amide bonds. The molecule has 2 atom stereocenters. The summed E-state index contributed by atoms with van der Waals surface area (Å²) in [5.41, 5.74) is 0. The number of ether oxygens (including phenoxy) is 1. The van der Waals surface area contributed by atoms with Crippen molar-refractivity contribution < 1.29 is 9.53 Å². The van der Waals surface area contributed by atoms with Crippen LogP contribution in [0.3, 0.4) is 0 Å². The number of nitrogens with one attached hydrogen (secondary N) is 1. The number of rotatable bonds is 1. The zero-order chi connectivity index (χ0) is 9.26. The van der Waals surface area contributed by atoms with Gasteiger partial charge in [0.05, 0.1) is 13.0 Å². The molecule has 0 aromatic carbocycles. The molecule has 2 aliphatic rings. The third-order valence-electron chi connectivity index (χ3n) is 3.09. The van der Waals surface area contributed by atoms with Gasteiger partial charge < -0.3 is 10.1 Å². The first kappa shape index (κ1) is 8.97. The number of piperazine rings is 1. The first-order chi connectivity index (χ1) is 6.33. The Labute approximate surface area is 78.2 Å². The van der Waals surface area contributed by atoms with E-state index in [0.29, 0.717) is 6.04 Å². The highest BCUT2D eigenvalue weighted by atomic mass is 16.5. The van der Waals surface area contributed by atoms with E-state index >= 15 is 0 Å². The Hall–Kier alpha value is -0.610. The van der Waals surface area contributed by atoms with Crippen molar-refractivity contribution in [2.75, 3.05) is 33.3 Å². The second kappa shape index (κ2) is 3.64. The van der Waals surface area contributed by atoms with Crippen LogP contribution in [0.15, 0.2) is 0 Å². The van der Waals surface area contributed by atoms with Crippen LogP contribution in [0.25, 0.3) is 0 Å². The number of methoxy groups -OCH3 is 1. The van der Waals surface area contributed by atoms with Gasteiger partial charge in [0.1, 0.15) is 0 Å². The van der Waals surface area contributed by atoms with E-state index in [1.807, 2.05) is 0 Å². The van der Waals surface area contributed by atoms with Gasteiger partial charge in [-0.2, -0.15) is 0 Å². The minimum atomic E-state index is -0.0452. The quantitative estimate of drug-likeness (QED) is 0.555. The summed E-state index contributed by atoms with van der Waals surface area (Å²) < 4.78 is 4.79. The average Bonchev–Trinajstić information content (AvgIpc) is 2.60. The Morgan fingerprint density at radius 1 is 1.54 bits per heavy atom. The van der Waals surface area contributed by atoms with E-state index in [4.69, 9.17) is 4.74 Å². The number of hydrogen-bond acceptors (Lipinski definition) is 4. The van der Waals surface area contributed by atoms with Gasteiger partial charge in [-0.05, 0) is 13.0 Å². The van der Waals surface area contributed by atoms with Crippen LogP contribution in [0.1, 0.15) is 6.42 Å². The van der Waals surface area contributed by atoms with Crippen molar-refractivity contribution in [1.29, 1.82) is 0 Å². The largest absolute Gasteiger partial charge is 0.469 e. The summed E-state index contributed by atoms with van der Waals surface area (Å²) in [6.07, 6.45) is 0.957. The Morgan fingerprint density at radius 2 is 2.38 bits per heavy atom. The lowest BCUT2D eigenvalue weighted by molar-refractivity contribution is -0.146. The number of fused-ring (bicyclic) bond motifs is 1. The predicted octanol–water partition coefficient (Wildman–Crippen LogP) is -0.547. The van der Waals surface area contributed by atoms with Gasteiger partial charge in [0.25, 0.3) is 0 Å². The zero-order valence-corrected chi connectivity index (χ0v) is 7.95. The van der Waals surface area contributed by atoms with Crippen molar-refractivity contribution >= 4 is 5.97 Å². The number of hydrogen-bond donors (Lipinski definition) is 1. The zero-order valence-electron chi connectivity index (χ0n) is 7.95. The van der Waals surface area contributed by atoms with Gasteiger partial charge in [-0.3, -0.25) is 9.69 Å². The van der Waals surface area contributed by atoms with Crippen LogP contribution in [-0.4, -0.2) is 50.2 Å². The van der Waals surface area contributed by atoms with Gasteiger partial charge in [0.15, 0.2) is 0 Å². The summed E-state index contributed by atoms with van der Waals surface area (Å²) in [4.78, 5) is 13.8. The van der Waals surface area contributed by atoms with Crippen LogP contribution in [0.2, 0.25) is 0 Å². The monoisotopic (exact) mass is 184 g/mol. The minimum absolute atomic E-state index is 0.0452. The van der Waals surface area contributed by atoms with E-state index in [1.165, 1.54) is 7.11 Å². The van der Waals surface area contributed by atoms with E-state index in [0.717, 1.165) is 32.6 Å². The lowest BCUT2D eigenvalue weighted by Gasteiger charge is -2.32. The third-order valence-corrected chi connectivity index (χ3v) is 3.09. The molecule has 0 aromatic rings. The van der Waals surface area contributed by atoms with Crippen molar-refractivity contribution in [2.24, 2.45) is 5.92 Å². The summed E-state index contributed by atoms with van der Waals surface area (Å²) in [6, 6.07) is 0.376. The van der Waals surface area contributed by atoms with Gasteiger partial charge >= 0.3 is 5.97 Å². The SMILES string of the molecule is COC(=O)C1CCN2CCNCC12. The van der Waals surface area contributed by atoms with E-state index < -0.39 is 0 Å². The fourth-order valence-corrected chi connectivity index (χ4v) is 2.37. The summed E-state index contributed by atoms with van der Waals surface area (Å²) in [5, 5.41) is 3.32. The maximum Gasteiger partial charge on any atom is 0.310 e. The molecule has 2 saturated heterocycles.